The number of hydrogen-bond donors (Lipinski definition) is 1. The van der Waals surface area contributed by atoms with Crippen molar-refractivity contribution in [2.45, 2.75) is 39.3 Å². The molecule has 2 heterocycles. The molecule has 0 aromatic heterocycles. The summed E-state index contributed by atoms with van der Waals surface area (Å²) < 4.78 is 0. The highest BCUT2D eigenvalue weighted by Gasteiger charge is 2.25. The normalized spacial score (nSPS) is 25.8. The molecule has 1 saturated heterocycles. The predicted octanol–water partition coefficient (Wildman–Crippen LogP) is 1.78. The van der Waals surface area contributed by atoms with Crippen molar-refractivity contribution in [2.24, 2.45) is 0 Å². The molecule has 1 fully saturated rings. The van der Waals surface area contributed by atoms with Crippen molar-refractivity contribution in [1.29, 1.82) is 0 Å². The molecule has 2 aliphatic heterocycles. The Labute approximate surface area is 120 Å². The zero-order valence-electron chi connectivity index (χ0n) is 12.5. The minimum atomic E-state index is 0.140. The summed E-state index contributed by atoms with van der Waals surface area (Å²) in [6.07, 6.45) is 0.972. The van der Waals surface area contributed by atoms with Crippen LogP contribution in [0.1, 0.15) is 26.3 Å². The molecule has 0 aliphatic carbocycles. The molecule has 0 spiro atoms. The lowest BCUT2D eigenvalue weighted by atomic mass is 10.1. The fourth-order valence-corrected chi connectivity index (χ4v) is 3.45. The maximum absolute atomic E-state index is 11.6. The van der Waals surface area contributed by atoms with Gasteiger partial charge >= 0.3 is 0 Å². The number of nitrogens with zero attached hydrogens (tertiary/aromatic N) is 2. The fraction of sp³-hybridized carbons (Fsp3) is 0.562. The molecule has 2 unspecified atom stereocenters. The lowest BCUT2D eigenvalue weighted by Gasteiger charge is -2.38. The lowest BCUT2D eigenvalue weighted by Crippen LogP contribution is -2.54. The molecular weight excluding hydrogens is 250 g/mol. The summed E-state index contributed by atoms with van der Waals surface area (Å²) in [4.78, 5) is 15.9. The summed E-state index contributed by atoms with van der Waals surface area (Å²) in [7, 11) is 0. The van der Waals surface area contributed by atoms with Crippen LogP contribution in [-0.4, -0.2) is 37.6 Å². The first-order valence-corrected chi connectivity index (χ1v) is 7.46. The second kappa shape index (κ2) is 5.09. The van der Waals surface area contributed by atoms with Crippen LogP contribution in [0.5, 0.6) is 0 Å². The Morgan fingerprint density at radius 1 is 1.25 bits per heavy atom. The second-order valence-electron chi connectivity index (χ2n) is 6.11. The number of anilines is 2. The molecule has 0 bridgehead atoms. The van der Waals surface area contributed by atoms with E-state index in [0.717, 1.165) is 31.7 Å². The molecule has 4 nitrogen and oxygen atoms in total. The monoisotopic (exact) mass is 273 g/mol. The second-order valence-corrected chi connectivity index (χ2v) is 6.11. The van der Waals surface area contributed by atoms with E-state index in [9.17, 15) is 4.79 Å². The van der Waals surface area contributed by atoms with E-state index in [1.54, 1.807) is 6.92 Å². The Morgan fingerprint density at radius 2 is 1.95 bits per heavy atom. The van der Waals surface area contributed by atoms with Crippen LogP contribution in [0.25, 0.3) is 0 Å². The molecule has 0 radical (unpaired) electrons. The highest BCUT2D eigenvalue weighted by Crippen LogP contribution is 2.32. The average molecular weight is 273 g/mol. The van der Waals surface area contributed by atoms with Gasteiger partial charge in [0.15, 0.2) is 0 Å². The Hall–Kier alpha value is -1.55. The standard InChI is InChI=1S/C16H23N3O/c1-11-9-18(10-12(2)17-11)15-4-5-16-14(8-15)6-7-19(16)13(3)20/h4-5,8,11-12,17H,6-7,9-10H2,1-3H3. The van der Waals surface area contributed by atoms with Crippen LogP contribution < -0.4 is 15.1 Å². The Morgan fingerprint density at radius 3 is 2.60 bits per heavy atom. The predicted molar refractivity (Wildman–Crippen MR) is 82.4 cm³/mol. The van der Waals surface area contributed by atoms with Gasteiger partial charge in [0.2, 0.25) is 5.91 Å². The first-order valence-electron chi connectivity index (χ1n) is 7.46. The van der Waals surface area contributed by atoms with Crippen molar-refractivity contribution in [3.8, 4) is 0 Å². The van der Waals surface area contributed by atoms with Crippen LogP contribution in [-0.2, 0) is 11.2 Å². The quantitative estimate of drug-likeness (QED) is 0.847. The van der Waals surface area contributed by atoms with Gasteiger partial charge in [-0.1, -0.05) is 0 Å². The number of piperazine rings is 1. The number of carbonyl (C=O) groups is 1. The molecule has 1 amide bonds. The SMILES string of the molecule is CC(=O)N1CCc2cc(N3CC(C)NC(C)C3)ccc21. The Kier molecular flexibility index (Phi) is 3.42. The molecule has 2 atom stereocenters. The highest BCUT2D eigenvalue weighted by molar-refractivity contribution is 5.94. The summed E-state index contributed by atoms with van der Waals surface area (Å²) >= 11 is 0. The number of benzene rings is 1. The summed E-state index contributed by atoms with van der Waals surface area (Å²) in [5.74, 6) is 0.140. The van der Waals surface area contributed by atoms with E-state index in [0.29, 0.717) is 12.1 Å². The van der Waals surface area contributed by atoms with Crippen LogP contribution >= 0.6 is 0 Å². The third-order valence-corrected chi connectivity index (χ3v) is 4.26. The molecule has 3 rings (SSSR count). The van der Waals surface area contributed by atoms with Crippen molar-refractivity contribution in [2.75, 3.05) is 29.4 Å². The van der Waals surface area contributed by atoms with E-state index in [1.807, 2.05) is 4.90 Å². The van der Waals surface area contributed by atoms with Crippen molar-refractivity contribution in [3.63, 3.8) is 0 Å². The first-order chi connectivity index (χ1) is 9.54. The van der Waals surface area contributed by atoms with E-state index in [1.165, 1.54) is 11.3 Å². The lowest BCUT2D eigenvalue weighted by molar-refractivity contribution is -0.116. The molecule has 0 saturated carbocycles. The number of amides is 1. The van der Waals surface area contributed by atoms with Gasteiger partial charge in [-0.15, -0.1) is 0 Å². The largest absolute Gasteiger partial charge is 0.368 e. The van der Waals surface area contributed by atoms with Crippen molar-refractivity contribution in [1.82, 2.24) is 5.32 Å². The minimum absolute atomic E-state index is 0.140. The molecule has 4 heteroatoms. The maximum Gasteiger partial charge on any atom is 0.223 e. The van der Waals surface area contributed by atoms with Crippen LogP contribution in [0, 0.1) is 0 Å². The fourth-order valence-electron chi connectivity index (χ4n) is 3.45. The first kappa shape index (κ1) is 13.4. The van der Waals surface area contributed by atoms with Gasteiger partial charge in [0.1, 0.15) is 0 Å². The third kappa shape index (κ3) is 2.40. The van der Waals surface area contributed by atoms with E-state index in [4.69, 9.17) is 0 Å². The molecular formula is C16H23N3O. The third-order valence-electron chi connectivity index (χ3n) is 4.26. The highest BCUT2D eigenvalue weighted by atomic mass is 16.2. The van der Waals surface area contributed by atoms with Gasteiger partial charge in [0.05, 0.1) is 0 Å². The zero-order valence-corrected chi connectivity index (χ0v) is 12.5. The van der Waals surface area contributed by atoms with E-state index >= 15 is 0 Å². The summed E-state index contributed by atoms with van der Waals surface area (Å²) in [5, 5.41) is 3.56. The smallest absolute Gasteiger partial charge is 0.223 e. The molecule has 2 aliphatic rings. The number of fused-ring (bicyclic) bond motifs is 1. The molecule has 1 aromatic carbocycles. The van der Waals surface area contributed by atoms with Gasteiger partial charge < -0.3 is 15.1 Å². The van der Waals surface area contributed by atoms with Gasteiger partial charge in [-0.2, -0.15) is 0 Å². The minimum Gasteiger partial charge on any atom is -0.368 e. The number of rotatable bonds is 1. The van der Waals surface area contributed by atoms with Crippen molar-refractivity contribution < 1.29 is 4.79 Å². The van der Waals surface area contributed by atoms with Crippen LogP contribution in [0.4, 0.5) is 11.4 Å². The number of nitrogens with one attached hydrogen (secondary N) is 1. The van der Waals surface area contributed by atoms with Crippen molar-refractivity contribution in [3.05, 3.63) is 23.8 Å². The summed E-state index contributed by atoms with van der Waals surface area (Å²) in [5.41, 5.74) is 3.68. The van der Waals surface area contributed by atoms with Crippen LogP contribution in [0.2, 0.25) is 0 Å². The van der Waals surface area contributed by atoms with Crippen LogP contribution in [0.15, 0.2) is 18.2 Å². The van der Waals surface area contributed by atoms with Crippen molar-refractivity contribution >= 4 is 17.3 Å². The molecule has 20 heavy (non-hydrogen) atoms. The number of hydrogen-bond acceptors (Lipinski definition) is 3. The molecule has 108 valence electrons. The topological polar surface area (TPSA) is 35.6 Å². The van der Waals surface area contributed by atoms with E-state index < -0.39 is 0 Å². The zero-order chi connectivity index (χ0) is 14.3. The average Bonchev–Trinajstić information content (AvgIpc) is 2.80. The summed E-state index contributed by atoms with van der Waals surface area (Å²) in [6, 6.07) is 7.56. The van der Waals surface area contributed by atoms with Gasteiger partial charge in [0, 0.05) is 50.0 Å². The summed E-state index contributed by atoms with van der Waals surface area (Å²) in [6.45, 7) is 9.01. The Bertz CT molecular complexity index is 518. The molecule has 1 N–H and O–H groups in total. The van der Waals surface area contributed by atoms with Crippen LogP contribution in [0.3, 0.4) is 0 Å². The van der Waals surface area contributed by atoms with Gasteiger partial charge in [0.25, 0.3) is 0 Å². The van der Waals surface area contributed by atoms with Gasteiger partial charge in [-0.3, -0.25) is 4.79 Å². The maximum atomic E-state index is 11.6. The molecule has 1 aromatic rings. The van der Waals surface area contributed by atoms with E-state index in [-0.39, 0.29) is 5.91 Å². The van der Waals surface area contributed by atoms with Gasteiger partial charge in [-0.25, -0.2) is 0 Å². The van der Waals surface area contributed by atoms with E-state index in [2.05, 4.69) is 42.3 Å². The Balaban J connectivity index is 1.85. The van der Waals surface area contributed by atoms with Gasteiger partial charge in [-0.05, 0) is 44.0 Å². The number of carbonyl (C=O) groups excluding carboxylic acids is 1.